The Morgan fingerprint density at radius 1 is 1.67 bits per heavy atom. The Hall–Kier alpha value is 0.0500. The second-order valence-corrected chi connectivity index (χ2v) is 1.71. The molecule has 1 N–H and O–H groups in total. The predicted octanol–water partition coefficient (Wildman–Crippen LogP) is 1.39. The molecule has 0 rings (SSSR count). The monoisotopic (exact) mass is 103 g/mol. The summed E-state index contributed by atoms with van der Waals surface area (Å²) in [7, 11) is 1.89. The normalized spacial score (nSPS) is 10.3. The van der Waals surface area contributed by atoms with Crippen LogP contribution in [0.5, 0.6) is 0 Å². The highest BCUT2D eigenvalue weighted by molar-refractivity contribution is 8.00. The van der Waals surface area contributed by atoms with Gasteiger partial charge < -0.3 is 0 Å². The van der Waals surface area contributed by atoms with Gasteiger partial charge in [-0.3, -0.25) is 4.72 Å². The molecule has 0 atom stereocenters. The van der Waals surface area contributed by atoms with Gasteiger partial charge in [-0.15, -0.1) is 0 Å². The van der Waals surface area contributed by atoms with E-state index in [1.807, 2.05) is 25.5 Å². The third-order valence-corrected chi connectivity index (χ3v) is 0.966. The van der Waals surface area contributed by atoms with Gasteiger partial charge >= 0.3 is 0 Å². The van der Waals surface area contributed by atoms with E-state index in [0.29, 0.717) is 0 Å². The maximum Gasteiger partial charge on any atom is -0.00533 e. The van der Waals surface area contributed by atoms with Crippen molar-refractivity contribution in [2.45, 2.75) is 6.92 Å². The van der Waals surface area contributed by atoms with Crippen molar-refractivity contribution >= 4 is 11.9 Å². The quantitative estimate of drug-likeness (QED) is 0.530. The summed E-state index contributed by atoms with van der Waals surface area (Å²) in [6.45, 7) is 1.99. The molecule has 0 saturated heterocycles. The van der Waals surface area contributed by atoms with Crippen molar-refractivity contribution in [1.29, 1.82) is 0 Å². The van der Waals surface area contributed by atoms with Gasteiger partial charge in [-0.05, 0) is 19.4 Å². The standard InChI is InChI=1S/C4H9NS/c1-3-4-6-5-2/h3-5H,1-2H3/b4-3+. The molecule has 2 heteroatoms. The average Bonchev–Trinajstić information content (AvgIpc) is 1.61. The van der Waals surface area contributed by atoms with Gasteiger partial charge in [0.2, 0.25) is 0 Å². The molecule has 36 valence electrons. The molecule has 0 aliphatic carbocycles. The smallest absolute Gasteiger partial charge is 0.00533 e. The molecule has 6 heavy (non-hydrogen) atoms. The van der Waals surface area contributed by atoms with E-state index in [1.165, 1.54) is 0 Å². The second-order valence-electron chi connectivity index (χ2n) is 0.791. The summed E-state index contributed by atoms with van der Waals surface area (Å²) in [5.41, 5.74) is 0. The molecule has 0 aliphatic heterocycles. The Kier molecular flexibility index (Phi) is 5.09. The topological polar surface area (TPSA) is 12.0 Å². The molecule has 0 bridgehead atoms. The first kappa shape index (κ1) is 6.05. The zero-order chi connectivity index (χ0) is 4.83. The van der Waals surface area contributed by atoms with Gasteiger partial charge in [0.05, 0.1) is 0 Å². The number of hydrogen-bond donors (Lipinski definition) is 1. The van der Waals surface area contributed by atoms with Gasteiger partial charge in [0, 0.05) is 0 Å². The maximum absolute atomic E-state index is 2.90. The molecule has 0 fully saturated rings. The fourth-order valence-corrected chi connectivity index (χ4v) is 0.408. The van der Waals surface area contributed by atoms with Gasteiger partial charge in [0.1, 0.15) is 0 Å². The number of rotatable bonds is 2. The second kappa shape index (κ2) is 5.05. The Morgan fingerprint density at radius 2 is 2.33 bits per heavy atom. The average molecular weight is 103 g/mol. The van der Waals surface area contributed by atoms with Crippen molar-refractivity contribution in [2.75, 3.05) is 7.05 Å². The SMILES string of the molecule is C/C=C/SNC. The van der Waals surface area contributed by atoms with Crippen molar-refractivity contribution < 1.29 is 0 Å². The van der Waals surface area contributed by atoms with Gasteiger partial charge in [0.25, 0.3) is 0 Å². The minimum atomic E-state index is 1.58. The predicted molar refractivity (Wildman–Crippen MR) is 31.5 cm³/mol. The molecule has 0 aromatic rings. The Balaban J connectivity index is 2.66. The van der Waals surface area contributed by atoms with E-state index in [4.69, 9.17) is 0 Å². The number of allylic oxidation sites excluding steroid dienone is 1. The highest BCUT2D eigenvalue weighted by Gasteiger charge is 1.61. The molecule has 0 heterocycles. The third-order valence-electron chi connectivity index (χ3n) is 0.322. The van der Waals surface area contributed by atoms with Gasteiger partial charge in [-0.2, -0.15) is 0 Å². The lowest BCUT2D eigenvalue weighted by Gasteiger charge is -1.80. The fraction of sp³-hybridized carbons (Fsp3) is 0.500. The first-order valence-electron chi connectivity index (χ1n) is 1.85. The van der Waals surface area contributed by atoms with Gasteiger partial charge in [-0.1, -0.05) is 18.0 Å². The summed E-state index contributed by atoms with van der Waals surface area (Å²) in [5.74, 6) is 0. The van der Waals surface area contributed by atoms with Crippen LogP contribution in [0.25, 0.3) is 0 Å². The van der Waals surface area contributed by atoms with Crippen molar-refractivity contribution in [3.05, 3.63) is 11.5 Å². The summed E-state index contributed by atoms with van der Waals surface area (Å²) in [4.78, 5) is 0. The van der Waals surface area contributed by atoms with Crippen LogP contribution in [0.1, 0.15) is 6.92 Å². The molecular weight excluding hydrogens is 94.1 g/mol. The van der Waals surface area contributed by atoms with Crippen LogP contribution in [-0.2, 0) is 0 Å². The number of nitrogens with one attached hydrogen (secondary N) is 1. The van der Waals surface area contributed by atoms with Crippen molar-refractivity contribution in [3.63, 3.8) is 0 Å². The zero-order valence-electron chi connectivity index (χ0n) is 4.06. The molecule has 0 saturated carbocycles. The lowest BCUT2D eigenvalue weighted by Crippen LogP contribution is -1.85. The van der Waals surface area contributed by atoms with E-state index in [2.05, 4.69) is 4.72 Å². The Bertz CT molecular complexity index is 42.8. The molecule has 0 unspecified atom stereocenters. The minimum absolute atomic E-state index is 1.58. The summed E-state index contributed by atoms with van der Waals surface area (Å²) in [6, 6.07) is 0. The van der Waals surface area contributed by atoms with Gasteiger partial charge in [0.15, 0.2) is 0 Å². The van der Waals surface area contributed by atoms with E-state index >= 15 is 0 Å². The van der Waals surface area contributed by atoms with Crippen LogP contribution < -0.4 is 4.72 Å². The Morgan fingerprint density at radius 3 is 2.50 bits per heavy atom. The molecule has 1 nitrogen and oxygen atoms in total. The minimum Gasteiger partial charge on any atom is -0.264 e. The van der Waals surface area contributed by atoms with E-state index in [0.717, 1.165) is 0 Å². The molecule has 0 aromatic carbocycles. The van der Waals surface area contributed by atoms with Crippen LogP contribution >= 0.6 is 11.9 Å². The highest BCUT2D eigenvalue weighted by Crippen LogP contribution is 1.89. The van der Waals surface area contributed by atoms with Crippen LogP contribution in [0, 0.1) is 0 Å². The van der Waals surface area contributed by atoms with E-state index in [-0.39, 0.29) is 0 Å². The molecule has 0 aromatic heterocycles. The highest BCUT2D eigenvalue weighted by atomic mass is 32.2. The first-order valence-corrected chi connectivity index (χ1v) is 2.73. The molecule has 0 radical (unpaired) electrons. The third kappa shape index (κ3) is 4.05. The van der Waals surface area contributed by atoms with E-state index < -0.39 is 0 Å². The van der Waals surface area contributed by atoms with Crippen LogP contribution in [0.3, 0.4) is 0 Å². The van der Waals surface area contributed by atoms with Crippen LogP contribution in [0.2, 0.25) is 0 Å². The molecule has 0 amide bonds. The van der Waals surface area contributed by atoms with E-state index in [9.17, 15) is 0 Å². The lowest BCUT2D eigenvalue weighted by molar-refractivity contribution is 1.31. The summed E-state index contributed by atoms with van der Waals surface area (Å²) >= 11 is 1.58. The van der Waals surface area contributed by atoms with Crippen molar-refractivity contribution in [1.82, 2.24) is 4.72 Å². The summed E-state index contributed by atoms with van der Waals surface area (Å²) in [6.07, 6.45) is 1.99. The lowest BCUT2D eigenvalue weighted by atomic mass is 10.8. The summed E-state index contributed by atoms with van der Waals surface area (Å²) in [5, 5.41) is 1.99. The van der Waals surface area contributed by atoms with Gasteiger partial charge in [-0.25, -0.2) is 0 Å². The summed E-state index contributed by atoms with van der Waals surface area (Å²) < 4.78 is 2.90. The van der Waals surface area contributed by atoms with Crippen LogP contribution in [0.15, 0.2) is 11.5 Å². The molecule has 0 aliphatic rings. The van der Waals surface area contributed by atoms with E-state index in [1.54, 1.807) is 11.9 Å². The van der Waals surface area contributed by atoms with Crippen LogP contribution in [0.4, 0.5) is 0 Å². The Labute approximate surface area is 43.0 Å². The van der Waals surface area contributed by atoms with Crippen LogP contribution in [-0.4, -0.2) is 7.05 Å². The first-order chi connectivity index (χ1) is 2.91. The molecule has 0 spiro atoms. The maximum atomic E-state index is 2.90. The largest absolute Gasteiger partial charge is 0.264 e. The molecular formula is C4H9NS. The fourth-order valence-electron chi connectivity index (χ4n) is 0.136. The van der Waals surface area contributed by atoms with Crippen molar-refractivity contribution in [3.8, 4) is 0 Å². The van der Waals surface area contributed by atoms with Crippen molar-refractivity contribution in [2.24, 2.45) is 0 Å². The number of hydrogen-bond acceptors (Lipinski definition) is 2. The zero-order valence-corrected chi connectivity index (χ0v) is 4.88.